The Kier molecular flexibility index (Phi) is 5.75. The summed E-state index contributed by atoms with van der Waals surface area (Å²) in [6, 6.07) is 0. The SMILES string of the molecule is CCCCCCCC1C=CC(C)=C(C)C1. The lowest BCUT2D eigenvalue weighted by Gasteiger charge is -2.18. The second kappa shape index (κ2) is 6.87. The van der Waals surface area contributed by atoms with E-state index in [0.717, 1.165) is 5.92 Å². The molecular weight excluding hydrogens is 180 g/mol. The molecule has 0 aromatic rings. The maximum atomic E-state index is 2.42. The molecule has 86 valence electrons. The van der Waals surface area contributed by atoms with Crippen molar-refractivity contribution in [2.24, 2.45) is 5.92 Å². The van der Waals surface area contributed by atoms with Crippen LogP contribution in [0.4, 0.5) is 0 Å². The quantitative estimate of drug-likeness (QED) is 0.520. The minimum atomic E-state index is 0.829. The summed E-state index contributed by atoms with van der Waals surface area (Å²) in [5.74, 6) is 0.829. The fourth-order valence-electron chi connectivity index (χ4n) is 2.25. The molecule has 1 rings (SSSR count). The lowest BCUT2D eigenvalue weighted by molar-refractivity contribution is 0.515. The molecule has 0 aromatic carbocycles. The summed E-state index contributed by atoms with van der Waals surface area (Å²) in [6.07, 6.45) is 14.5. The average Bonchev–Trinajstić information content (AvgIpc) is 2.23. The number of allylic oxidation sites excluding steroid dienone is 4. The van der Waals surface area contributed by atoms with Crippen molar-refractivity contribution in [2.45, 2.75) is 65.7 Å². The molecule has 0 aliphatic heterocycles. The van der Waals surface area contributed by atoms with Crippen LogP contribution < -0.4 is 0 Å². The zero-order valence-electron chi connectivity index (χ0n) is 10.7. The first-order valence-corrected chi connectivity index (χ1v) is 6.58. The standard InChI is InChI=1S/C15H26/c1-4-5-6-7-8-9-15-11-10-13(2)14(3)12-15/h10-11,15H,4-9,12H2,1-3H3. The fraction of sp³-hybridized carbons (Fsp3) is 0.733. The van der Waals surface area contributed by atoms with Crippen molar-refractivity contribution >= 4 is 0 Å². The summed E-state index contributed by atoms with van der Waals surface area (Å²) in [7, 11) is 0. The van der Waals surface area contributed by atoms with Crippen LogP contribution in [0, 0.1) is 5.92 Å². The number of hydrogen-bond acceptors (Lipinski definition) is 0. The van der Waals surface area contributed by atoms with Crippen molar-refractivity contribution in [1.29, 1.82) is 0 Å². The van der Waals surface area contributed by atoms with Crippen LogP contribution >= 0.6 is 0 Å². The molecule has 0 saturated heterocycles. The Morgan fingerprint density at radius 2 is 1.87 bits per heavy atom. The molecule has 1 aliphatic carbocycles. The molecule has 0 fully saturated rings. The highest BCUT2D eigenvalue weighted by Gasteiger charge is 2.10. The fourth-order valence-corrected chi connectivity index (χ4v) is 2.25. The van der Waals surface area contributed by atoms with E-state index in [2.05, 4.69) is 32.9 Å². The van der Waals surface area contributed by atoms with Gasteiger partial charge in [0.05, 0.1) is 0 Å². The van der Waals surface area contributed by atoms with Crippen LogP contribution in [-0.4, -0.2) is 0 Å². The van der Waals surface area contributed by atoms with Gasteiger partial charge in [-0.05, 0) is 32.6 Å². The molecule has 0 nitrogen and oxygen atoms in total. The minimum Gasteiger partial charge on any atom is -0.0808 e. The molecule has 0 radical (unpaired) electrons. The molecule has 0 saturated carbocycles. The van der Waals surface area contributed by atoms with Gasteiger partial charge in [-0.1, -0.05) is 62.3 Å². The molecule has 0 bridgehead atoms. The van der Waals surface area contributed by atoms with Gasteiger partial charge in [-0.2, -0.15) is 0 Å². The molecule has 0 spiro atoms. The van der Waals surface area contributed by atoms with E-state index >= 15 is 0 Å². The molecule has 0 heteroatoms. The van der Waals surface area contributed by atoms with Crippen LogP contribution in [0.3, 0.4) is 0 Å². The summed E-state index contributed by atoms with van der Waals surface area (Å²) in [6.45, 7) is 6.78. The first kappa shape index (κ1) is 12.5. The highest BCUT2D eigenvalue weighted by molar-refractivity contribution is 5.27. The summed E-state index contributed by atoms with van der Waals surface area (Å²) < 4.78 is 0. The third kappa shape index (κ3) is 4.68. The van der Waals surface area contributed by atoms with E-state index < -0.39 is 0 Å². The molecule has 0 amide bonds. The van der Waals surface area contributed by atoms with Crippen molar-refractivity contribution in [3.63, 3.8) is 0 Å². The molecule has 0 N–H and O–H groups in total. The Labute approximate surface area is 95.5 Å². The predicted molar refractivity (Wildman–Crippen MR) is 69.0 cm³/mol. The van der Waals surface area contributed by atoms with Crippen LogP contribution in [0.1, 0.15) is 65.7 Å². The van der Waals surface area contributed by atoms with E-state index in [4.69, 9.17) is 0 Å². The zero-order chi connectivity index (χ0) is 11.1. The Bertz CT molecular complexity index is 232. The van der Waals surface area contributed by atoms with Crippen molar-refractivity contribution in [2.75, 3.05) is 0 Å². The second-order valence-corrected chi connectivity index (χ2v) is 4.99. The lowest BCUT2D eigenvalue weighted by atomic mass is 9.87. The van der Waals surface area contributed by atoms with Crippen LogP contribution in [0.5, 0.6) is 0 Å². The van der Waals surface area contributed by atoms with E-state index in [1.807, 2.05) is 0 Å². The monoisotopic (exact) mass is 206 g/mol. The van der Waals surface area contributed by atoms with E-state index in [9.17, 15) is 0 Å². The zero-order valence-corrected chi connectivity index (χ0v) is 10.7. The van der Waals surface area contributed by atoms with Gasteiger partial charge in [-0.15, -0.1) is 0 Å². The van der Waals surface area contributed by atoms with Gasteiger partial charge in [-0.25, -0.2) is 0 Å². The van der Waals surface area contributed by atoms with E-state index in [0.29, 0.717) is 0 Å². The van der Waals surface area contributed by atoms with Crippen molar-refractivity contribution in [1.82, 2.24) is 0 Å². The molecule has 1 unspecified atom stereocenters. The normalized spacial score (nSPS) is 21.1. The van der Waals surface area contributed by atoms with E-state index in [-0.39, 0.29) is 0 Å². The highest BCUT2D eigenvalue weighted by atomic mass is 14.2. The third-order valence-electron chi connectivity index (χ3n) is 3.54. The van der Waals surface area contributed by atoms with Crippen LogP contribution in [-0.2, 0) is 0 Å². The van der Waals surface area contributed by atoms with Crippen molar-refractivity contribution < 1.29 is 0 Å². The third-order valence-corrected chi connectivity index (χ3v) is 3.54. The van der Waals surface area contributed by atoms with Gasteiger partial charge in [-0.3, -0.25) is 0 Å². The van der Waals surface area contributed by atoms with Gasteiger partial charge in [0.25, 0.3) is 0 Å². The van der Waals surface area contributed by atoms with E-state index in [1.54, 1.807) is 5.57 Å². The number of unbranched alkanes of at least 4 members (excludes halogenated alkanes) is 4. The summed E-state index contributed by atoms with van der Waals surface area (Å²) in [5.41, 5.74) is 3.08. The van der Waals surface area contributed by atoms with Gasteiger partial charge in [0.1, 0.15) is 0 Å². The first-order valence-electron chi connectivity index (χ1n) is 6.58. The molecule has 15 heavy (non-hydrogen) atoms. The Morgan fingerprint density at radius 1 is 1.13 bits per heavy atom. The predicted octanol–water partition coefficient (Wildman–Crippen LogP) is 5.26. The summed E-state index contributed by atoms with van der Waals surface area (Å²) in [4.78, 5) is 0. The average molecular weight is 206 g/mol. The smallest absolute Gasteiger partial charge is 0.0193 e. The topological polar surface area (TPSA) is 0 Å². The molecular formula is C15H26. The summed E-state index contributed by atoms with van der Waals surface area (Å²) >= 11 is 0. The van der Waals surface area contributed by atoms with Gasteiger partial charge >= 0.3 is 0 Å². The Balaban J connectivity index is 2.12. The second-order valence-electron chi connectivity index (χ2n) is 4.99. The van der Waals surface area contributed by atoms with E-state index in [1.165, 1.54) is 50.5 Å². The minimum absolute atomic E-state index is 0.829. The number of rotatable bonds is 6. The maximum Gasteiger partial charge on any atom is -0.0193 e. The van der Waals surface area contributed by atoms with Gasteiger partial charge < -0.3 is 0 Å². The molecule has 1 atom stereocenters. The van der Waals surface area contributed by atoms with Crippen LogP contribution in [0.2, 0.25) is 0 Å². The first-order chi connectivity index (χ1) is 7.24. The maximum absolute atomic E-state index is 2.42. The Hall–Kier alpha value is -0.520. The largest absolute Gasteiger partial charge is 0.0808 e. The summed E-state index contributed by atoms with van der Waals surface area (Å²) in [5, 5.41) is 0. The molecule has 1 aliphatic rings. The highest BCUT2D eigenvalue weighted by Crippen LogP contribution is 2.26. The molecule has 0 heterocycles. The number of hydrogen-bond donors (Lipinski definition) is 0. The van der Waals surface area contributed by atoms with Crippen molar-refractivity contribution in [3.05, 3.63) is 23.3 Å². The van der Waals surface area contributed by atoms with Gasteiger partial charge in [0, 0.05) is 0 Å². The van der Waals surface area contributed by atoms with Gasteiger partial charge in [0.2, 0.25) is 0 Å². The molecule has 0 aromatic heterocycles. The lowest BCUT2D eigenvalue weighted by Crippen LogP contribution is -2.03. The van der Waals surface area contributed by atoms with Crippen LogP contribution in [0.25, 0.3) is 0 Å². The van der Waals surface area contributed by atoms with Gasteiger partial charge in [0.15, 0.2) is 0 Å². The Morgan fingerprint density at radius 3 is 2.53 bits per heavy atom. The van der Waals surface area contributed by atoms with Crippen molar-refractivity contribution in [3.8, 4) is 0 Å². The van der Waals surface area contributed by atoms with Crippen LogP contribution in [0.15, 0.2) is 23.3 Å².